The molecule has 3 atom stereocenters. The maximum atomic E-state index is 12.6. The number of fused-ring (bicyclic) bond motifs is 2. The summed E-state index contributed by atoms with van der Waals surface area (Å²) in [5, 5.41) is 19.0. The maximum Gasteiger partial charge on any atom is 0.285 e. The summed E-state index contributed by atoms with van der Waals surface area (Å²) in [6, 6.07) is 1.64. The predicted molar refractivity (Wildman–Crippen MR) is 74.2 cm³/mol. The van der Waals surface area contributed by atoms with Crippen molar-refractivity contribution in [2.45, 2.75) is 24.9 Å². The first-order valence-electron chi connectivity index (χ1n) is 6.83. The summed E-state index contributed by atoms with van der Waals surface area (Å²) in [5.74, 6) is 0.269. The summed E-state index contributed by atoms with van der Waals surface area (Å²) >= 11 is 0. The molecule has 3 aromatic heterocycles. The van der Waals surface area contributed by atoms with E-state index in [0.29, 0.717) is 0 Å². The van der Waals surface area contributed by atoms with Gasteiger partial charge in [-0.05, 0) is 6.07 Å². The van der Waals surface area contributed by atoms with E-state index >= 15 is 0 Å². The van der Waals surface area contributed by atoms with Crippen molar-refractivity contribution in [2.75, 3.05) is 6.61 Å². The Hall–Kier alpha value is -2.36. The van der Waals surface area contributed by atoms with E-state index in [-0.39, 0.29) is 35.5 Å². The molecule has 1 saturated heterocycles. The van der Waals surface area contributed by atoms with Crippen LogP contribution in [-0.4, -0.2) is 52.9 Å². The van der Waals surface area contributed by atoms with Crippen LogP contribution in [0.3, 0.4) is 0 Å². The molecule has 0 bridgehead atoms. The highest BCUT2D eigenvalue weighted by atomic mass is 16.5. The summed E-state index contributed by atoms with van der Waals surface area (Å²) < 4.78 is 8.45. The second-order valence-corrected chi connectivity index (χ2v) is 5.15. The second-order valence-electron chi connectivity index (χ2n) is 5.15. The Labute approximate surface area is 123 Å². The third kappa shape index (κ3) is 1.83. The minimum absolute atomic E-state index is 0.269. The van der Waals surface area contributed by atoms with Crippen molar-refractivity contribution in [2.24, 2.45) is 0 Å². The highest BCUT2D eigenvalue weighted by molar-refractivity contribution is 5.71. The molecule has 2 N–H and O–H groups in total. The van der Waals surface area contributed by atoms with Gasteiger partial charge in [0.05, 0.1) is 19.0 Å². The fourth-order valence-corrected chi connectivity index (χ4v) is 2.72. The van der Waals surface area contributed by atoms with E-state index in [9.17, 15) is 9.90 Å². The molecule has 0 saturated carbocycles. The van der Waals surface area contributed by atoms with Gasteiger partial charge in [0.1, 0.15) is 12.3 Å². The summed E-state index contributed by atoms with van der Waals surface area (Å²) in [6.45, 7) is -0.283. The number of aromatic nitrogens is 5. The van der Waals surface area contributed by atoms with Crippen molar-refractivity contribution in [3.05, 3.63) is 35.1 Å². The average Bonchev–Trinajstić information content (AvgIpc) is 3.11. The number of ether oxygens (including phenoxy) is 1. The molecule has 114 valence electrons. The normalized spacial score (nSPS) is 25.3. The minimum atomic E-state index is -0.787. The van der Waals surface area contributed by atoms with Gasteiger partial charge in [-0.3, -0.25) is 9.36 Å². The molecule has 1 aliphatic heterocycles. The molecule has 1 aliphatic rings. The molecule has 3 aromatic rings. The number of aliphatic hydroxyl groups is 2. The van der Waals surface area contributed by atoms with Gasteiger partial charge in [0.15, 0.2) is 11.2 Å². The lowest BCUT2D eigenvalue weighted by Crippen LogP contribution is -2.24. The zero-order valence-electron chi connectivity index (χ0n) is 11.4. The van der Waals surface area contributed by atoms with E-state index in [2.05, 4.69) is 15.0 Å². The average molecular weight is 303 g/mol. The SMILES string of the molecule is O=c1c2c(ncn2C2CC(O)C(CO)O2)nc2ncccn12. The number of imidazole rings is 1. The summed E-state index contributed by atoms with van der Waals surface area (Å²) in [6.07, 6.45) is 2.83. The Balaban J connectivity index is 1.90. The van der Waals surface area contributed by atoms with E-state index in [1.54, 1.807) is 23.0 Å². The van der Waals surface area contributed by atoms with Crippen LogP contribution in [0.4, 0.5) is 0 Å². The van der Waals surface area contributed by atoms with Crippen LogP contribution in [0, 0.1) is 0 Å². The van der Waals surface area contributed by atoms with Crippen LogP contribution < -0.4 is 5.56 Å². The molecule has 1 fully saturated rings. The van der Waals surface area contributed by atoms with Crippen LogP contribution in [0.25, 0.3) is 16.9 Å². The molecule has 0 aliphatic carbocycles. The summed E-state index contributed by atoms with van der Waals surface area (Å²) in [4.78, 5) is 25.0. The molecule has 9 nitrogen and oxygen atoms in total. The monoisotopic (exact) mass is 303 g/mol. The second kappa shape index (κ2) is 4.83. The lowest BCUT2D eigenvalue weighted by Gasteiger charge is -2.13. The molecular formula is C13H13N5O4. The largest absolute Gasteiger partial charge is 0.394 e. The smallest absolute Gasteiger partial charge is 0.285 e. The first-order valence-corrected chi connectivity index (χ1v) is 6.83. The van der Waals surface area contributed by atoms with Gasteiger partial charge in [-0.2, -0.15) is 4.98 Å². The number of nitrogens with zero attached hydrogens (tertiary/aromatic N) is 5. The number of hydrogen-bond donors (Lipinski definition) is 2. The highest BCUT2D eigenvalue weighted by Gasteiger charge is 2.35. The Morgan fingerprint density at radius 1 is 1.41 bits per heavy atom. The van der Waals surface area contributed by atoms with Crippen molar-refractivity contribution in [1.82, 2.24) is 23.9 Å². The standard InChI is InChI=1S/C13H13N5O4/c19-5-8-7(20)4-9(22-8)18-6-15-11-10(18)12(21)17-3-1-2-14-13(17)16-11/h1-3,6-9,19-20H,4-5H2. The van der Waals surface area contributed by atoms with E-state index in [0.717, 1.165) is 0 Å². The highest BCUT2D eigenvalue weighted by Crippen LogP contribution is 2.29. The number of aliphatic hydroxyl groups excluding tert-OH is 2. The first-order chi connectivity index (χ1) is 10.7. The van der Waals surface area contributed by atoms with Gasteiger partial charge in [0, 0.05) is 18.8 Å². The molecule has 0 radical (unpaired) electrons. The number of rotatable bonds is 2. The lowest BCUT2D eigenvalue weighted by molar-refractivity contribution is -0.0431. The summed E-state index contributed by atoms with van der Waals surface area (Å²) in [7, 11) is 0. The predicted octanol–water partition coefficient (Wildman–Crippen LogP) is -0.920. The van der Waals surface area contributed by atoms with Crippen LogP contribution >= 0.6 is 0 Å². The van der Waals surface area contributed by atoms with Gasteiger partial charge < -0.3 is 14.9 Å². The van der Waals surface area contributed by atoms with E-state index in [4.69, 9.17) is 9.84 Å². The van der Waals surface area contributed by atoms with Crippen molar-refractivity contribution in [1.29, 1.82) is 0 Å². The number of hydrogen-bond acceptors (Lipinski definition) is 7. The van der Waals surface area contributed by atoms with Crippen molar-refractivity contribution >= 4 is 16.9 Å². The van der Waals surface area contributed by atoms with Gasteiger partial charge in [0.2, 0.25) is 5.78 Å². The third-order valence-corrected chi connectivity index (χ3v) is 3.82. The fourth-order valence-electron chi connectivity index (χ4n) is 2.72. The van der Waals surface area contributed by atoms with Crippen LogP contribution in [-0.2, 0) is 4.74 Å². The van der Waals surface area contributed by atoms with Gasteiger partial charge in [-0.1, -0.05) is 0 Å². The van der Waals surface area contributed by atoms with E-state index < -0.39 is 18.4 Å². The lowest BCUT2D eigenvalue weighted by atomic mass is 10.2. The van der Waals surface area contributed by atoms with Crippen LogP contribution in [0.15, 0.2) is 29.6 Å². The van der Waals surface area contributed by atoms with E-state index in [1.807, 2.05) is 0 Å². The van der Waals surface area contributed by atoms with Crippen LogP contribution in [0.5, 0.6) is 0 Å². The molecule has 3 unspecified atom stereocenters. The fraction of sp³-hybridized carbons (Fsp3) is 0.385. The van der Waals surface area contributed by atoms with Crippen molar-refractivity contribution < 1.29 is 14.9 Å². The Morgan fingerprint density at radius 2 is 2.27 bits per heavy atom. The van der Waals surface area contributed by atoms with E-state index in [1.165, 1.54) is 10.7 Å². The quantitative estimate of drug-likeness (QED) is 0.629. The van der Waals surface area contributed by atoms with Crippen LogP contribution in [0.1, 0.15) is 12.6 Å². The summed E-state index contributed by atoms with van der Waals surface area (Å²) in [5.41, 5.74) is 0.242. The van der Waals surface area contributed by atoms with Gasteiger partial charge in [0.25, 0.3) is 5.56 Å². The molecule has 4 rings (SSSR count). The molecule has 9 heteroatoms. The van der Waals surface area contributed by atoms with Gasteiger partial charge in [-0.25, -0.2) is 14.4 Å². The topological polar surface area (TPSA) is 115 Å². The maximum absolute atomic E-state index is 12.6. The molecule has 22 heavy (non-hydrogen) atoms. The molecule has 4 heterocycles. The zero-order chi connectivity index (χ0) is 15.3. The molecule has 0 spiro atoms. The van der Waals surface area contributed by atoms with Gasteiger partial charge >= 0.3 is 0 Å². The minimum Gasteiger partial charge on any atom is -0.394 e. The Bertz CT molecular complexity index is 904. The molecular weight excluding hydrogens is 290 g/mol. The van der Waals surface area contributed by atoms with Gasteiger partial charge in [-0.15, -0.1) is 0 Å². The Kier molecular flexibility index (Phi) is 2.93. The van der Waals surface area contributed by atoms with Crippen molar-refractivity contribution in [3.8, 4) is 0 Å². The Morgan fingerprint density at radius 3 is 3.05 bits per heavy atom. The van der Waals surface area contributed by atoms with Crippen LogP contribution in [0.2, 0.25) is 0 Å². The third-order valence-electron chi connectivity index (χ3n) is 3.82. The molecule has 0 aromatic carbocycles. The first kappa shape index (κ1) is 13.3. The zero-order valence-corrected chi connectivity index (χ0v) is 11.4. The van der Waals surface area contributed by atoms with Crippen molar-refractivity contribution in [3.63, 3.8) is 0 Å². The molecule has 0 amide bonds.